The molecular formula is C25H25N3O2. The van der Waals surface area contributed by atoms with E-state index in [1.807, 2.05) is 42.5 Å². The Balaban J connectivity index is 1.69. The maximum Gasteiger partial charge on any atom is 0.232 e. The molecule has 30 heavy (non-hydrogen) atoms. The fourth-order valence-corrected chi connectivity index (χ4v) is 4.31. The van der Waals surface area contributed by atoms with Gasteiger partial charge in [-0.2, -0.15) is 0 Å². The van der Waals surface area contributed by atoms with Gasteiger partial charge >= 0.3 is 0 Å². The van der Waals surface area contributed by atoms with Crippen LogP contribution in [-0.4, -0.2) is 23.1 Å². The van der Waals surface area contributed by atoms with Crippen molar-refractivity contribution in [3.05, 3.63) is 60.9 Å². The first-order valence-corrected chi connectivity index (χ1v) is 10.6. The van der Waals surface area contributed by atoms with E-state index in [-0.39, 0.29) is 0 Å². The molecule has 5 heteroatoms. The summed E-state index contributed by atoms with van der Waals surface area (Å²) in [6.45, 7) is 0. The van der Waals surface area contributed by atoms with Crippen molar-refractivity contribution >= 4 is 16.9 Å². The number of nitrogens with one attached hydrogen (secondary N) is 1. The zero-order chi connectivity index (χ0) is 20.3. The molecule has 0 radical (unpaired) electrons. The van der Waals surface area contributed by atoms with Gasteiger partial charge in [-0.3, -0.25) is 0 Å². The molecule has 2 aromatic heterocycles. The SMILES string of the molecule is COc1ccc(-c2oc3ncnc(NC4CCCCC4)c3c2-c2ccccc2)cc1. The molecule has 0 amide bonds. The number of hydrogen-bond acceptors (Lipinski definition) is 5. The Morgan fingerprint density at radius 1 is 0.900 bits per heavy atom. The second kappa shape index (κ2) is 8.19. The highest BCUT2D eigenvalue weighted by Gasteiger charge is 2.23. The van der Waals surface area contributed by atoms with Crippen LogP contribution in [0.15, 0.2) is 65.3 Å². The summed E-state index contributed by atoms with van der Waals surface area (Å²) in [5.74, 6) is 2.47. The molecule has 152 valence electrons. The third-order valence-electron chi connectivity index (χ3n) is 5.85. The normalized spacial score (nSPS) is 14.7. The molecule has 0 atom stereocenters. The standard InChI is InChI=1S/C25H25N3O2/c1-29-20-14-12-18(13-15-20)23-21(17-8-4-2-5-9-17)22-24(26-16-27-25(22)30-23)28-19-10-6-3-7-11-19/h2,4-5,8-9,12-16,19H,3,6-7,10-11H2,1H3,(H,26,27,28). The first kappa shape index (κ1) is 18.7. The molecule has 1 saturated carbocycles. The van der Waals surface area contributed by atoms with Gasteiger partial charge in [0.2, 0.25) is 5.71 Å². The maximum atomic E-state index is 6.31. The topological polar surface area (TPSA) is 60.2 Å². The Hall–Kier alpha value is -3.34. The van der Waals surface area contributed by atoms with Gasteiger partial charge in [0.05, 0.1) is 12.5 Å². The van der Waals surface area contributed by atoms with Crippen LogP contribution < -0.4 is 10.1 Å². The minimum Gasteiger partial charge on any atom is -0.497 e. The Morgan fingerprint density at radius 3 is 2.40 bits per heavy atom. The van der Waals surface area contributed by atoms with Crippen molar-refractivity contribution in [2.45, 2.75) is 38.1 Å². The van der Waals surface area contributed by atoms with Crippen molar-refractivity contribution in [3.63, 3.8) is 0 Å². The summed E-state index contributed by atoms with van der Waals surface area (Å²) in [4.78, 5) is 9.08. The van der Waals surface area contributed by atoms with Crippen LogP contribution in [0.25, 0.3) is 33.6 Å². The lowest BCUT2D eigenvalue weighted by atomic mass is 9.95. The van der Waals surface area contributed by atoms with Gasteiger partial charge in [-0.05, 0) is 42.7 Å². The molecule has 2 heterocycles. The van der Waals surface area contributed by atoms with Gasteiger partial charge in [-0.1, -0.05) is 49.6 Å². The first-order chi connectivity index (χ1) is 14.8. The summed E-state index contributed by atoms with van der Waals surface area (Å²) in [5.41, 5.74) is 3.70. The van der Waals surface area contributed by atoms with Gasteiger partial charge in [0, 0.05) is 17.2 Å². The van der Waals surface area contributed by atoms with Crippen molar-refractivity contribution in [1.29, 1.82) is 0 Å². The molecule has 1 aliphatic rings. The number of fused-ring (bicyclic) bond motifs is 1. The predicted octanol–water partition coefficient (Wildman–Crippen LogP) is 6.31. The summed E-state index contributed by atoms with van der Waals surface area (Å²) < 4.78 is 11.6. The number of rotatable bonds is 5. The highest BCUT2D eigenvalue weighted by molar-refractivity contribution is 6.05. The lowest BCUT2D eigenvalue weighted by molar-refractivity contribution is 0.415. The molecule has 0 aliphatic heterocycles. The maximum absolute atomic E-state index is 6.31. The Morgan fingerprint density at radius 2 is 1.67 bits per heavy atom. The van der Waals surface area contributed by atoms with E-state index in [9.17, 15) is 0 Å². The van der Waals surface area contributed by atoms with Gasteiger partial charge in [0.15, 0.2) is 0 Å². The summed E-state index contributed by atoms with van der Waals surface area (Å²) in [7, 11) is 1.67. The van der Waals surface area contributed by atoms with Crippen LogP contribution in [0, 0.1) is 0 Å². The number of aromatic nitrogens is 2. The van der Waals surface area contributed by atoms with Crippen LogP contribution in [-0.2, 0) is 0 Å². The van der Waals surface area contributed by atoms with E-state index in [0.717, 1.165) is 39.4 Å². The lowest BCUT2D eigenvalue weighted by Gasteiger charge is -2.23. The molecule has 0 spiro atoms. The van der Waals surface area contributed by atoms with Crippen LogP contribution in [0.2, 0.25) is 0 Å². The van der Waals surface area contributed by atoms with E-state index in [0.29, 0.717) is 11.8 Å². The zero-order valence-corrected chi connectivity index (χ0v) is 17.1. The molecular weight excluding hydrogens is 374 g/mol. The van der Waals surface area contributed by atoms with Crippen molar-refractivity contribution in [2.75, 3.05) is 12.4 Å². The molecule has 0 saturated heterocycles. The highest BCUT2D eigenvalue weighted by atomic mass is 16.5. The molecule has 1 N–H and O–H groups in total. The van der Waals surface area contributed by atoms with Crippen LogP contribution in [0.5, 0.6) is 5.75 Å². The quantitative estimate of drug-likeness (QED) is 0.426. The van der Waals surface area contributed by atoms with E-state index in [1.165, 1.54) is 32.1 Å². The Kier molecular flexibility index (Phi) is 5.10. The summed E-state index contributed by atoms with van der Waals surface area (Å²) in [5, 5.41) is 4.63. The Bertz CT molecular complexity index is 1130. The smallest absolute Gasteiger partial charge is 0.232 e. The van der Waals surface area contributed by atoms with Gasteiger partial charge in [-0.15, -0.1) is 0 Å². The van der Waals surface area contributed by atoms with E-state index >= 15 is 0 Å². The number of nitrogens with zero attached hydrogens (tertiary/aromatic N) is 2. The monoisotopic (exact) mass is 399 g/mol. The number of benzene rings is 2. The van der Waals surface area contributed by atoms with Crippen LogP contribution in [0.1, 0.15) is 32.1 Å². The predicted molar refractivity (Wildman–Crippen MR) is 120 cm³/mol. The lowest BCUT2D eigenvalue weighted by Crippen LogP contribution is -2.23. The van der Waals surface area contributed by atoms with Crippen LogP contribution >= 0.6 is 0 Å². The molecule has 0 bridgehead atoms. The highest BCUT2D eigenvalue weighted by Crippen LogP contribution is 2.43. The van der Waals surface area contributed by atoms with Crippen molar-refractivity contribution < 1.29 is 9.15 Å². The van der Waals surface area contributed by atoms with E-state index in [2.05, 4.69) is 27.4 Å². The van der Waals surface area contributed by atoms with E-state index in [4.69, 9.17) is 9.15 Å². The van der Waals surface area contributed by atoms with Crippen molar-refractivity contribution in [1.82, 2.24) is 9.97 Å². The number of furan rings is 1. The molecule has 0 unspecified atom stereocenters. The van der Waals surface area contributed by atoms with Gasteiger partial charge in [-0.25, -0.2) is 9.97 Å². The largest absolute Gasteiger partial charge is 0.497 e. The molecule has 1 fully saturated rings. The van der Waals surface area contributed by atoms with Gasteiger partial charge in [0.25, 0.3) is 0 Å². The molecule has 1 aliphatic carbocycles. The second-order valence-corrected chi connectivity index (χ2v) is 7.78. The third kappa shape index (κ3) is 3.52. The van der Waals surface area contributed by atoms with E-state index < -0.39 is 0 Å². The average Bonchev–Trinajstić information content (AvgIpc) is 3.21. The number of ether oxygens (including phenoxy) is 1. The minimum atomic E-state index is 0.444. The number of anilines is 1. The average molecular weight is 399 g/mol. The fraction of sp³-hybridized carbons (Fsp3) is 0.280. The van der Waals surface area contributed by atoms with Crippen molar-refractivity contribution in [3.8, 4) is 28.2 Å². The first-order valence-electron chi connectivity index (χ1n) is 10.6. The van der Waals surface area contributed by atoms with Gasteiger partial charge < -0.3 is 14.5 Å². The minimum absolute atomic E-state index is 0.444. The molecule has 5 rings (SSSR count). The Labute approximate surface area is 176 Å². The fourth-order valence-electron chi connectivity index (χ4n) is 4.31. The van der Waals surface area contributed by atoms with Crippen LogP contribution in [0.4, 0.5) is 5.82 Å². The number of hydrogen-bond donors (Lipinski definition) is 1. The summed E-state index contributed by atoms with van der Waals surface area (Å²) >= 11 is 0. The van der Waals surface area contributed by atoms with E-state index in [1.54, 1.807) is 13.4 Å². The van der Waals surface area contributed by atoms with Crippen LogP contribution in [0.3, 0.4) is 0 Å². The van der Waals surface area contributed by atoms with Gasteiger partial charge in [0.1, 0.15) is 23.7 Å². The second-order valence-electron chi connectivity index (χ2n) is 7.78. The number of methoxy groups -OCH3 is 1. The molecule has 4 aromatic rings. The third-order valence-corrected chi connectivity index (χ3v) is 5.85. The van der Waals surface area contributed by atoms with Crippen molar-refractivity contribution in [2.24, 2.45) is 0 Å². The molecule has 2 aromatic carbocycles. The summed E-state index contributed by atoms with van der Waals surface area (Å²) in [6, 6.07) is 18.7. The zero-order valence-electron chi connectivity index (χ0n) is 17.1. The molecule has 5 nitrogen and oxygen atoms in total. The summed E-state index contributed by atoms with van der Waals surface area (Å²) in [6.07, 6.45) is 7.79.